The van der Waals surface area contributed by atoms with Crippen LogP contribution in [-0.4, -0.2) is 10.9 Å². The molecule has 1 N–H and O–H groups in total. The molecule has 1 heterocycles. The third-order valence-electron chi connectivity index (χ3n) is 3.19. The minimum Gasteiger partial charge on any atom is -0.323 e. The summed E-state index contributed by atoms with van der Waals surface area (Å²) in [5.41, 5.74) is 1.67. The van der Waals surface area contributed by atoms with E-state index in [1.54, 1.807) is 6.07 Å². The van der Waals surface area contributed by atoms with Crippen LogP contribution in [0.1, 0.15) is 5.69 Å². The average molecular weight is 426 g/mol. The number of halogens is 3. The molecule has 0 saturated carbocycles. The SMILES string of the molecule is O=C(Cc1csc(-c2cccc(Br)c2)n1)Nc1cccc(Cl)c1F. The molecule has 122 valence electrons. The smallest absolute Gasteiger partial charge is 0.230 e. The Bertz CT molecular complexity index is 900. The highest BCUT2D eigenvalue weighted by Gasteiger charge is 2.12. The molecule has 0 aliphatic heterocycles. The van der Waals surface area contributed by atoms with E-state index in [2.05, 4.69) is 26.2 Å². The molecule has 0 saturated heterocycles. The average Bonchev–Trinajstić information content (AvgIpc) is 3.00. The summed E-state index contributed by atoms with van der Waals surface area (Å²) < 4.78 is 14.8. The van der Waals surface area contributed by atoms with Crippen molar-refractivity contribution in [2.75, 3.05) is 5.32 Å². The normalized spacial score (nSPS) is 10.6. The van der Waals surface area contributed by atoms with Crippen LogP contribution >= 0.6 is 38.9 Å². The number of nitrogens with one attached hydrogen (secondary N) is 1. The van der Waals surface area contributed by atoms with E-state index in [0.717, 1.165) is 15.0 Å². The first-order chi connectivity index (χ1) is 11.5. The summed E-state index contributed by atoms with van der Waals surface area (Å²) in [6.07, 6.45) is 0.0659. The summed E-state index contributed by atoms with van der Waals surface area (Å²) in [6.45, 7) is 0. The van der Waals surface area contributed by atoms with Gasteiger partial charge in [0.1, 0.15) is 5.01 Å². The fourth-order valence-corrected chi connectivity index (χ4v) is 3.49. The first-order valence-electron chi connectivity index (χ1n) is 6.97. The Morgan fingerprint density at radius 3 is 2.88 bits per heavy atom. The Morgan fingerprint density at radius 2 is 2.08 bits per heavy atom. The van der Waals surface area contributed by atoms with Crippen LogP contribution < -0.4 is 5.32 Å². The van der Waals surface area contributed by atoms with Crippen molar-refractivity contribution >= 4 is 50.5 Å². The van der Waals surface area contributed by atoms with E-state index in [-0.39, 0.29) is 23.0 Å². The Balaban J connectivity index is 1.70. The second kappa shape index (κ2) is 7.42. The number of anilines is 1. The second-order valence-electron chi connectivity index (χ2n) is 4.98. The fourth-order valence-electron chi connectivity index (χ4n) is 2.10. The van der Waals surface area contributed by atoms with E-state index in [4.69, 9.17) is 11.6 Å². The van der Waals surface area contributed by atoms with Gasteiger partial charge in [0.05, 0.1) is 22.8 Å². The lowest BCUT2D eigenvalue weighted by atomic mass is 10.2. The van der Waals surface area contributed by atoms with E-state index < -0.39 is 5.82 Å². The van der Waals surface area contributed by atoms with E-state index in [9.17, 15) is 9.18 Å². The van der Waals surface area contributed by atoms with Gasteiger partial charge < -0.3 is 5.32 Å². The number of carbonyl (C=O) groups excluding carboxylic acids is 1. The molecule has 0 fully saturated rings. The van der Waals surface area contributed by atoms with Gasteiger partial charge in [-0.05, 0) is 24.3 Å². The van der Waals surface area contributed by atoms with Crippen LogP contribution in [0.5, 0.6) is 0 Å². The molecule has 3 rings (SSSR count). The van der Waals surface area contributed by atoms with Gasteiger partial charge in [-0.3, -0.25) is 4.79 Å². The molecular formula is C17H11BrClFN2OS. The lowest BCUT2D eigenvalue weighted by Gasteiger charge is -2.06. The van der Waals surface area contributed by atoms with Crippen molar-refractivity contribution < 1.29 is 9.18 Å². The lowest BCUT2D eigenvalue weighted by Crippen LogP contribution is -2.15. The molecule has 7 heteroatoms. The minimum atomic E-state index is -0.638. The molecule has 0 aliphatic carbocycles. The molecule has 2 aromatic carbocycles. The standard InChI is InChI=1S/C17H11BrClFN2OS/c18-11-4-1-3-10(7-11)17-21-12(9-24-17)8-15(23)22-14-6-2-5-13(19)16(14)20/h1-7,9H,8H2,(H,22,23). The highest BCUT2D eigenvalue weighted by atomic mass is 79.9. The van der Waals surface area contributed by atoms with E-state index in [0.29, 0.717) is 5.69 Å². The number of amides is 1. The number of aromatic nitrogens is 1. The summed E-state index contributed by atoms with van der Waals surface area (Å²) in [7, 11) is 0. The fraction of sp³-hybridized carbons (Fsp3) is 0.0588. The van der Waals surface area contributed by atoms with Gasteiger partial charge in [0.15, 0.2) is 5.82 Å². The zero-order valence-corrected chi connectivity index (χ0v) is 15.4. The maximum absolute atomic E-state index is 13.8. The highest BCUT2D eigenvalue weighted by Crippen LogP contribution is 2.27. The van der Waals surface area contributed by atoms with Crippen molar-refractivity contribution in [3.63, 3.8) is 0 Å². The quantitative estimate of drug-likeness (QED) is 0.596. The summed E-state index contributed by atoms with van der Waals surface area (Å²) in [5.74, 6) is -0.983. The summed E-state index contributed by atoms with van der Waals surface area (Å²) >= 11 is 10.6. The first kappa shape index (κ1) is 17.1. The van der Waals surface area contributed by atoms with Gasteiger partial charge in [0.2, 0.25) is 5.91 Å². The third kappa shape index (κ3) is 4.01. The maximum atomic E-state index is 13.8. The molecule has 0 bridgehead atoms. The van der Waals surface area contributed by atoms with Crippen molar-refractivity contribution in [3.8, 4) is 10.6 Å². The molecule has 3 nitrogen and oxygen atoms in total. The molecule has 0 spiro atoms. The third-order valence-corrected chi connectivity index (χ3v) is 4.92. The van der Waals surface area contributed by atoms with Gasteiger partial charge in [-0.1, -0.05) is 45.7 Å². The predicted octanol–water partition coefficient (Wildman–Crippen LogP) is 5.55. The summed E-state index contributed by atoms with van der Waals surface area (Å²) in [4.78, 5) is 16.5. The first-order valence-corrected chi connectivity index (χ1v) is 9.02. The van der Waals surface area contributed by atoms with Gasteiger partial charge >= 0.3 is 0 Å². The molecular weight excluding hydrogens is 415 g/mol. The Labute approximate surface area is 155 Å². The van der Waals surface area contributed by atoms with Crippen LogP contribution in [0.15, 0.2) is 52.3 Å². The number of hydrogen-bond acceptors (Lipinski definition) is 3. The van der Waals surface area contributed by atoms with Crippen molar-refractivity contribution in [2.45, 2.75) is 6.42 Å². The number of nitrogens with zero attached hydrogens (tertiary/aromatic N) is 1. The number of benzene rings is 2. The highest BCUT2D eigenvalue weighted by molar-refractivity contribution is 9.10. The monoisotopic (exact) mass is 424 g/mol. The molecule has 0 unspecified atom stereocenters. The van der Waals surface area contributed by atoms with Crippen LogP contribution in [0.2, 0.25) is 5.02 Å². The molecule has 1 amide bonds. The van der Waals surface area contributed by atoms with Crippen LogP contribution in [0.3, 0.4) is 0 Å². The van der Waals surface area contributed by atoms with Crippen molar-refractivity contribution in [1.29, 1.82) is 0 Å². The van der Waals surface area contributed by atoms with Crippen molar-refractivity contribution in [1.82, 2.24) is 4.98 Å². The second-order valence-corrected chi connectivity index (χ2v) is 7.16. The predicted molar refractivity (Wildman–Crippen MR) is 99.0 cm³/mol. The number of thiazole rings is 1. The van der Waals surface area contributed by atoms with E-state index in [1.165, 1.54) is 23.5 Å². The number of rotatable bonds is 4. The zero-order chi connectivity index (χ0) is 17.1. The Hall–Kier alpha value is -1.76. The van der Waals surface area contributed by atoms with Crippen LogP contribution in [0.25, 0.3) is 10.6 Å². The van der Waals surface area contributed by atoms with Crippen LogP contribution in [-0.2, 0) is 11.2 Å². The van der Waals surface area contributed by atoms with Crippen molar-refractivity contribution in [2.24, 2.45) is 0 Å². The minimum absolute atomic E-state index is 0.0293. The zero-order valence-electron chi connectivity index (χ0n) is 12.2. The number of carbonyl (C=O) groups is 1. The summed E-state index contributed by atoms with van der Waals surface area (Å²) in [6, 6.07) is 12.2. The Kier molecular flexibility index (Phi) is 5.28. The van der Waals surface area contributed by atoms with Gasteiger partial charge in [-0.2, -0.15) is 0 Å². The molecule has 24 heavy (non-hydrogen) atoms. The molecule has 1 aromatic heterocycles. The molecule has 0 aliphatic rings. The summed E-state index contributed by atoms with van der Waals surface area (Å²) in [5, 5.41) is 5.14. The largest absolute Gasteiger partial charge is 0.323 e. The molecule has 0 atom stereocenters. The van der Waals surface area contributed by atoms with Gasteiger partial charge in [0, 0.05) is 15.4 Å². The van der Waals surface area contributed by atoms with Gasteiger partial charge in [0.25, 0.3) is 0 Å². The topological polar surface area (TPSA) is 42.0 Å². The van der Waals surface area contributed by atoms with E-state index >= 15 is 0 Å². The van der Waals surface area contributed by atoms with Crippen molar-refractivity contribution in [3.05, 3.63) is 68.9 Å². The molecule has 0 radical (unpaired) electrons. The van der Waals surface area contributed by atoms with Crippen LogP contribution in [0.4, 0.5) is 10.1 Å². The van der Waals surface area contributed by atoms with E-state index in [1.807, 2.05) is 29.6 Å². The van der Waals surface area contributed by atoms with Gasteiger partial charge in [-0.15, -0.1) is 11.3 Å². The number of hydrogen-bond donors (Lipinski definition) is 1. The maximum Gasteiger partial charge on any atom is 0.230 e. The van der Waals surface area contributed by atoms with Crippen LogP contribution in [0, 0.1) is 5.82 Å². The molecule has 3 aromatic rings. The van der Waals surface area contributed by atoms with Gasteiger partial charge in [-0.25, -0.2) is 9.37 Å². The Morgan fingerprint density at radius 1 is 1.29 bits per heavy atom. The lowest BCUT2D eigenvalue weighted by molar-refractivity contribution is -0.115.